The van der Waals surface area contributed by atoms with Gasteiger partial charge in [0.15, 0.2) is 0 Å². The molecule has 0 aliphatic carbocycles. The second kappa shape index (κ2) is 6.03. The Bertz CT molecular complexity index is 527. The summed E-state index contributed by atoms with van der Waals surface area (Å²) in [7, 11) is 0. The van der Waals surface area contributed by atoms with E-state index in [9.17, 15) is 9.50 Å². The predicted molar refractivity (Wildman–Crippen MR) is 73.3 cm³/mol. The van der Waals surface area contributed by atoms with Crippen molar-refractivity contribution in [1.29, 1.82) is 0 Å². The molecule has 1 unspecified atom stereocenters. The number of rotatable bonds is 4. The first-order valence-corrected chi connectivity index (χ1v) is 6.77. The number of halogens is 1. The third-order valence-corrected chi connectivity index (χ3v) is 3.73. The maximum Gasteiger partial charge on any atom is 0.129 e. The van der Waals surface area contributed by atoms with Gasteiger partial charge < -0.3 is 5.11 Å². The van der Waals surface area contributed by atoms with Gasteiger partial charge in [-0.15, -0.1) is 11.8 Å². The SMILES string of the molecule is Cc1cccc(SCC(O)c2ccccc2F)c1. The third-order valence-electron chi connectivity index (χ3n) is 2.66. The first kappa shape index (κ1) is 13.1. The van der Waals surface area contributed by atoms with E-state index in [1.54, 1.807) is 18.2 Å². The van der Waals surface area contributed by atoms with E-state index in [2.05, 4.69) is 6.07 Å². The van der Waals surface area contributed by atoms with Gasteiger partial charge in [-0.2, -0.15) is 0 Å². The van der Waals surface area contributed by atoms with E-state index in [1.807, 2.05) is 25.1 Å². The normalized spacial score (nSPS) is 12.4. The quantitative estimate of drug-likeness (QED) is 0.842. The predicted octanol–water partition coefficient (Wildman–Crippen LogP) is 3.96. The van der Waals surface area contributed by atoms with Crippen LogP contribution < -0.4 is 0 Å². The zero-order valence-electron chi connectivity index (χ0n) is 10.1. The maximum atomic E-state index is 13.5. The van der Waals surface area contributed by atoms with Crippen LogP contribution in [0.3, 0.4) is 0 Å². The Hall–Kier alpha value is -1.32. The fraction of sp³-hybridized carbons (Fsp3) is 0.200. The Kier molecular flexibility index (Phi) is 4.39. The van der Waals surface area contributed by atoms with Gasteiger partial charge in [-0.3, -0.25) is 0 Å². The second-order valence-corrected chi connectivity index (χ2v) is 5.26. The fourth-order valence-corrected chi connectivity index (χ4v) is 2.69. The van der Waals surface area contributed by atoms with E-state index < -0.39 is 6.10 Å². The van der Waals surface area contributed by atoms with Crippen LogP contribution in [0.5, 0.6) is 0 Å². The molecule has 0 fully saturated rings. The first-order valence-electron chi connectivity index (χ1n) is 5.79. The highest BCUT2D eigenvalue weighted by atomic mass is 32.2. The van der Waals surface area contributed by atoms with Gasteiger partial charge in [0.1, 0.15) is 5.82 Å². The van der Waals surface area contributed by atoms with Crippen molar-refractivity contribution in [1.82, 2.24) is 0 Å². The van der Waals surface area contributed by atoms with Crippen LogP contribution in [0, 0.1) is 12.7 Å². The average molecular weight is 262 g/mol. The minimum absolute atomic E-state index is 0.352. The molecule has 94 valence electrons. The fourth-order valence-electron chi connectivity index (χ4n) is 1.72. The van der Waals surface area contributed by atoms with Crippen LogP contribution >= 0.6 is 11.8 Å². The molecule has 0 aliphatic heterocycles. The molecule has 2 aromatic carbocycles. The van der Waals surface area contributed by atoms with Crippen LogP contribution in [-0.4, -0.2) is 10.9 Å². The van der Waals surface area contributed by atoms with Crippen molar-refractivity contribution in [2.75, 3.05) is 5.75 Å². The number of hydrogen-bond acceptors (Lipinski definition) is 2. The van der Waals surface area contributed by atoms with Crippen molar-refractivity contribution in [2.24, 2.45) is 0 Å². The summed E-state index contributed by atoms with van der Waals surface area (Å²) >= 11 is 1.53. The molecule has 1 atom stereocenters. The van der Waals surface area contributed by atoms with Gasteiger partial charge in [-0.05, 0) is 25.1 Å². The van der Waals surface area contributed by atoms with Crippen molar-refractivity contribution in [3.8, 4) is 0 Å². The Morgan fingerprint density at radius 3 is 2.67 bits per heavy atom. The van der Waals surface area contributed by atoms with Gasteiger partial charge in [0.05, 0.1) is 6.10 Å². The van der Waals surface area contributed by atoms with E-state index in [1.165, 1.54) is 23.4 Å². The van der Waals surface area contributed by atoms with Crippen molar-refractivity contribution in [3.63, 3.8) is 0 Å². The summed E-state index contributed by atoms with van der Waals surface area (Å²) in [5.74, 6) is 0.0968. The summed E-state index contributed by atoms with van der Waals surface area (Å²) in [6, 6.07) is 14.4. The highest BCUT2D eigenvalue weighted by Gasteiger charge is 2.12. The lowest BCUT2D eigenvalue weighted by molar-refractivity contribution is 0.199. The molecule has 2 rings (SSSR count). The Labute approximate surface area is 111 Å². The lowest BCUT2D eigenvalue weighted by atomic mass is 10.1. The molecule has 18 heavy (non-hydrogen) atoms. The van der Waals surface area contributed by atoms with Gasteiger partial charge in [0.2, 0.25) is 0 Å². The number of aliphatic hydroxyl groups is 1. The zero-order valence-corrected chi connectivity index (χ0v) is 11.0. The highest BCUT2D eigenvalue weighted by Crippen LogP contribution is 2.26. The molecular weight excluding hydrogens is 247 g/mol. The lowest BCUT2D eigenvalue weighted by Crippen LogP contribution is -2.03. The molecule has 0 aliphatic rings. The lowest BCUT2D eigenvalue weighted by Gasteiger charge is -2.11. The first-order chi connectivity index (χ1) is 8.66. The molecule has 0 saturated carbocycles. The maximum absolute atomic E-state index is 13.5. The van der Waals surface area contributed by atoms with E-state index >= 15 is 0 Å². The number of aryl methyl sites for hydroxylation is 1. The van der Waals surface area contributed by atoms with Crippen LogP contribution in [0.2, 0.25) is 0 Å². The minimum Gasteiger partial charge on any atom is -0.387 e. The molecular formula is C15H15FOS. The van der Waals surface area contributed by atoms with E-state index in [4.69, 9.17) is 0 Å². The molecule has 0 bridgehead atoms. The number of hydrogen-bond donors (Lipinski definition) is 1. The van der Waals surface area contributed by atoms with Crippen molar-refractivity contribution in [3.05, 3.63) is 65.5 Å². The van der Waals surface area contributed by atoms with Crippen LogP contribution in [0.15, 0.2) is 53.4 Å². The monoisotopic (exact) mass is 262 g/mol. The average Bonchev–Trinajstić information content (AvgIpc) is 2.37. The molecule has 2 aromatic rings. The van der Waals surface area contributed by atoms with E-state index in [0.29, 0.717) is 11.3 Å². The van der Waals surface area contributed by atoms with Crippen LogP contribution in [-0.2, 0) is 0 Å². The van der Waals surface area contributed by atoms with Crippen molar-refractivity contribution < 1.29 is 9.50 Å². The van der Waals surface area contributed by atoms with Crippen molar-refractivity contribution >= 4 is 11.8 Å². The highest BCUT2D eigenvalue weighted by molar-refractivity contribution is 7.99. The minimum atomic E-state index is -0.781. The summed E-state index contributed by atoms with van der Waals surface area (Å²) < 4.78 is 13.5. The van der Waals surface area contributed by atoms with Crippen molar-refractivity contribution in [2.45, 2.75) is 17.9 Å². The third kappa shape index (κ3) is 3.34. The smallest absolute Gasteiger partial charge is 0.129 e. The Morgan fingerprint density at radius 2 is 1.94 bits per heavy atom. The van der Waals surface area contributed by atoms with Gasteiger partial charge in [-0.25, -0.2) is 4.39 Å². The van der Waals surface area contributed by atoms with E-state index in [-0.39, 0.29) is 5.82 Å². The molecule has 0 heterocycles. The van der Waals surface area contributed by atoms with E-state index in [0.717, 1.165) is 4.90 Å². The van der Waals surface area contributed by atoms with Crippen LogP contribution in [0.1, 0.15) is 17.2 Å². The molecule has 3 heteroatoms. The number of thioether (sulfide) groups is 1. The Balaban J connectivity index is 2.00. The summed E-state index contributed by atoms with van der Waals surface area (Å²) in [6.07, 6.45) is -0.781. The summed E-state index contributed by atoms with van der Waals surface area (Å²) in [5.41, 5.74) is 1.54. The second-order valence-electron chi connectivity index (χ2n) is 4.16. The van der Waals surface area contributed by atoms with Crippen LogP contribution in [0.4, 0.5) is 4.39 Å². The van der Waals surface area contributed by atoms with Gasteiger partial charge >= 0.3 is 0 Å². The Morgan fingerprint density at radius 1 is 1.17 bits per heavy atom. The summed E-state index contributed by atoms with van der Waals surface area (Å²) in [4.78, 5) is 1.09. The molecule has 1 N–H and O–H groups in total. The number of aliphatic hydroxyl groups excluding tert-OH is 1. The molecule has 0 amide bonds. The van der Waals surface area contributed by atoms with Gasteiger partial charge in [-0.1, -0.05) is 35.9 Å². The van der Waals surface area contributed by atoms with Crippen LogP contribution in [0.25, 0.3) is 0 Å². The standard InChI is InChI=1S/C15H15FOS/c1-11-5-4-6-12(9-11)18-10-15(17)13-7-2-3-8-14(13)16/h2-9,15,17H,10H2,1H3. The van der Waals surface area contributed by atoms with Gasteiger partial charge in [0.25, 0.3) is 0 Å². The number of benzene rings is 2. The molecule has 0 spiro atoms. The summed E-state index contributed by atoms with van der Waals surface area (Å²) in [6.45, 7) is 2.03. The topological polar surface area (TPSA) is 20.2 Å². The molecule has 0 saturated heterocycles. The molecule has 0 radical (unpaired) electrons. The zero-order chi connectivity index (χ0) is 13.0. The molecule has 1 nitrogen and oxygen atoms in total. The molecule has 0 aromatic heterocycles. The largest absolute Gasteiger partial charge is 0.387 e. The summed E-state index contributed by atoms with van der Waals surface area (Å²) in [5, 5.41) is 9.97. The van der Waals surface area contributed by atoms with Gasteiger partial charge in [0, 0.05) is 16.2 Å².